The lowest BCUT2D eigenvalue weighted by atomic mass is 10.2. The third kappa shape index (κ3) is 1.93. The first-order chi connectivity index (χ1) is 8.72. The number of hydrogen-bond donors (Lipinski definition) is 1. The molecule has 0 unspecified atom stereocenters. The van der Waals surface area contributed by atoms with E-state index >= 15 is 0 Å². The minimum atomic E-state index is 0.713. The topological polar surface area (TPSA) is 42.2 Å². The Kier molecular flexibility index (Phi) is 2.48. The lowest BCUT2D eigenvalue weighted by Crippen LogP contribution is -2.00. The summed E-state index contributed by atoms with van der Waals surface area (Å²) in [6.45, 7) is 4.05. The minimum absolute atomic E-state index is 0.713. The predicted octanol–water partition coefficient (Wildman–Crippen LogP) is 3.09. The Hall–Kier alpha value is -2.36. The first-order valence-corrected chi connectivity index (χ1v) is 5.87. The highest BCUT2D eigenvalue weighted by Crippen LogP contribution is 2.18. The van der Waals surface area contributed by atoms with Gasteiger partial charge in [0, 0.05) is 29.8 Å². The molecule has 3 aromatic rings. The number of rotatable bonds is 2. The number of fused-ring (bicyclic) bond motifs is 1. The molecular formula is C14H14N4. The molecule has 0 atom stereocenters. The Balaban J connectivity index is 2.03. The van der Waals surface area contributed by atoms with Crippen molar-refractivity contribution < 1.29 is 0 Å². The van der Waals surface area contributed by atoms with Crippen LogP contribution in [0, 0.1) is 13.8 Å². The highest BCUT2D eigenvalue weighted by molar-refractivity contribution is 5.59. The van der Waals surface area contributed by atoms with E-state index < -0.39 is 0 Å². The minimum Gasteiger partial charge on any atom is -0.341 e. The molecule has 0 spiro atoms. The maximum atomic E-state index is 4.36. The fourth-order valence-electron chi connectivity index (χ4n) is 1.90. The van der Waals surface area contributed by atoms with Gasteiger partial charge in [-0.15, -0.1) is 0 Å². The van der Waals surface area contributed by atoms with Crippen molar-refractivity contribution in [1.29, 1.82) is 0 Å². The van der Waals surface area contributed by atoms with Gasteiger partial charge < -0.3 is 5.32 Å². The van der Waals surface area contributed by atoms with Crippen LogP contribution in [0.25, 0.3) is 5.78 Å². The van der Waals surface area contributed by atoms with Gasteiger partial charge in [-0.1, -0.05) is 17.7 Å². The molecular weight excluding hydrogens is 224 g/mol. The normalized spacial score (nSPS) is 10.8. The van der Waals surface area contributed by atoms with Crippen LogP contribution in [-0.4, -0.2) is 14.4 Å². The molecule has 0 aliphatic rings. The highest BCUT2D eigenvalue weighted by Gasteiger charge is 2.04. The maximum absolute atomic E-state index is 4.36. The Bertz CT molecular complexity index is 683. The van der Waals surface area contributed by atoms with Crippen LogP contribution in [0.2, 0.25) is 0 Å². The van der Waals surface area contributed by atoms with Crippen LogP contribution in [0.4, 0.5) is 11.5 Å². The largest absolute Gasteiger partial charge is 0.341 e. The second-order valence-corrected chi connectivity index (χ2v) is 4.37. The summed E-state index contributed by atoms with van der Waals surface area (Å²) in [6.07, 6.45) is 3.65. The van der Waals surface area contributed by atoms with Crippen molar-refractivity contribution in [3.8, 4) is 0 Å². The van der Waals surface area contributed by atoms with Crippen LogP contribution in [0.15, 0.2) is 42.7 Å². The van der Waals surface area contributed by atoms with Crippen LogP contribution in [-0.2, 0) is 0 Å². The standard InChI is InChI=1S/C14H14N4/c1-10-3-5-12(6-4-10)17-13-9-11(2)16-14-15-7-8-18(13)14/h3-9,17H,1-2H3. The molecule has 4 heteroatoms. The van der Waals surface area contributed by atoms with Gasteiger partial charge in [-0.25, -0.2) is 9.97 Å². The van der Waals surface area contributed by atoms with Crippen molar-refractivity contribution in [2.24, 2.45) is 0 Å². The van der Waals surface area contributed by atoms with Crippen molar-refractivity contribution in [3.05, 3.63) is 54.0 Å². The molecule has 0 aliphatic carbocycles. The zero-order chi connectivity index (χ0) is 12.5. The van der Waals surface area contributed by atoms with E-state index in [4.69, 9.17) is 0 Å². The monoisotopic (exact) mass is 238 g/mol. The fourth-order valence-corrected chi connectivity index (χ4v) is 1.90. The van der Waals surface area contributed by atoms with Gasteiger partial charge in [0.1, 0.15) is 5.82 Å². The third-order valence-electron chi connectivity index (χ3n) is 2.83. The van der Waals surface area contributed by atoms with Gasteiger partial charge in [0.15, 0.2) is 0 Å². The Morgan fingerprint density at radius 3 is 2.67 bits per heavy atom. The summed E-state index contributed by atoms with van der Waals surface area (Å²) < 4.78 is 1.94. The smallest absolute Gasteiger partial charge is 0.235 e. The van der Waals surface area contributed by atoms with Crippen molar-refractivity contribution >= 4 is 17.3 Å². The quantitative estimate of drug-likeness (QED) is 0.746. The molecule has 0 radical (unpaired) electrons. The van der Waals surface area contributed by atoms with E-state index in [0.29, 0.717) is 5.78 Å². The Morgan fingerprint density at radius 1 is 1.11 bits per heavy atom. The van der Waals surface area contributed by atoms with Gasteiger partial charge in [0.05, 0.1) is 0 Å². The lowest BCUT2D eigenvalue weighted by molar-refractivity contribution is 1.07. The van der Waals surface area contributed by atoms with Gasteiger partial charge in [-0.3, -0.25) is 4.40 Å². The molecule has 18 heavy (non-hydrogen) atoms. The van der Waals surface area contributed by atoms with E-state index in [2.05, 4.69) is 46.5 Å². The van der Waals surface area contributed by atoms with Crippen molar-refractivity contribution in [3.63, 3.8) is 0 Å². The molecule has 3 rings (SSSR count). The van der Waals surface area contributed by atoms with E-state index in [1.165, 1.54) is 5.56 Å². The van der Waals surface area contributed by atoms with Crippen molar-refractivity contribution in [2.75, 3.05) is 5.32 Å². The average molecular weight is 238 g/mol. The van der Waals surface area contributed by atoms with Gasteiger partial charge in [0.25, 0.3) is 0 Å². The van der Waals surface area contributed by atoms with Gasteiger partial charge >= 0.3 is 0 Å². The average Bonchev–Trinajstić information content (AvgIpc) is 2.80. The molecule has 90 valence electrons. The first kappa shape index (κ1) is 10.8. The van der Waals surface area contributed by atoms with Crippen molar-refractivity contribution in [2.45, 2.75) is 13.8 Å². The number of anilines is 2. The Labute approximate surface area is 105 Å². The molecule has 0 saturated heterocycles. The number of benzene rings is 1. The molecule has 2 heterocycles. The summed E-state index contributed by atoms with van der Waals surface area (Å²) in [5, 5.41) is 3.38. The third-order valence-corrected chi connectivity index (χ3v) is 2.83. The number of imidazole rings is 1. The number of nitrogens with one attached hydrogen (secondary N) is 1. The fraction of sp³-hybridized carbons (Fsp3) is 0.143. The zero-order valence-electron chi connectivity index (χ0n) is 10.4. The van der Waals surface area contributed by atoms with Gasteiger partial charge in [-0.2, -0.15) is 0 Å². The first-order valence-electron chi connectivity index (χ1n) is 5.87. The van der Waals surface area contributed by atoms with E-state index in [-0.39, 0.29) is 0 Å². The zero-order valence-corrected chi connectivity index (χ0v) is 10.4. The number of aromatic nitrogens is 3. The molecule has 2 aromatic heterocycles. The van der Waals surface area contributed by atoms with Crippen LogP contribution in [0.5, 0.6) is 0 Å². The van der Waals surface area contributed by atoms with Crippen LogP contribution >= 0.6 is 0 Å². The van der Waals surface area contributed by atoms with Gasteiger partial charge in [0.2, 0.25) is 5.78 Å². The lowest BCUT2D eigenvalue weighted by Gasteiger charge is -2.09. The van der Waals surface area contributed by atoms with Crippen LogP contribution in [0.3, 0.4) is 0 Å². The summed E-state index contributed by atoms with van der Waals surface area (Å²) >= 11 is 0. The van der Waals surface area contributed by atoms with Crippen molar-refractivity contribution in [1.82, 2.24) is 14.4 Å². The predicted molar refractivity (Wildman–Crippen MR) is 72.2 cm³/mol. The summed E-state index contributed by atoms with van der Waals surface area (Å²) in [6, 6.07) is 10.3. The molecule has 0 bridgehead atoms. The Morgan fingerprint density at radius 2 is 1.89 bits per heavy atom. The van der Waals surface area contributed by atoms with E-state index in [0.717, 1.165) is 17.2 Å². The van der Waals surface area contributed by atoms with E-state index in [1.807, 2.05) is 23.6 Å². The molecule has 1 aromatic carbocycles. The van der Waals surface area contributed by atoms with E-state index in [9.17, 15) is 0 Å². The molecule has 0 fully saturated rings. The van der Waals surface area contributed by atoms with Gasteiger partial charge in [-0.05, 0) is 26.0 Å². The second-order valence-electron chi connectivity index (χ2n) is 4.37. The van der Waals surface area contributed by atoms with Crippen LogP contribution < -0.4 is 5.32 Å². The summed E-state index contributed by atoms with van der Waals surface area (Å²) in [7, 11) is 0. The molecule has 0 saturated carbocycles. The number of nitrogens with zero attached hydrogens (tertiary/aromatic N) is 3. The highest BCUT2D eigenvalue weighted by atomic mass is 15.2. The SMILES string of the molecule is Cc1ccc(Nc2cc(C)nc3nccn23)cc1. The summed E-state index contributed by atoms with van der Waals surface area (Å²) in [5.41, 5.74) is 3.25. The molecule has 0 aliphatic heterocycles. The summed E-state index contributed by atoms with van der Waals surface area (Å²) in [4.78, 5) is 8.57. The maximum Gasteiger partial charge on any atom is 0.235 e. The molecule has 0 amide bonds. The number of aryl methyl sites for hydroxylation is 2. The number of hydrogen-bond acceptors (Lipinski definition) is 3. The van der Waals surface area contributed by atoms with Crippen LogP contribution in [0.1, 0.15) is 11.3 Å². The summed E-state index contributed by atoms with van der Waals surface area (Å²) in [5.74, 6) is 1.68. The molecule has 1 N–H and O–H groups in total. The second kappa shape index (κ2) is 4.14. The molecule has 4 nitrogen and oxygen atoms in total. The van der Waals surface area contributed by atoms with E-state index in [1.54, 1.807) is 6.20 Å².